The summed E-state index contributed by atoms with van der Waals surface area (Å²) in [6, 6.07) is 13.9. The molecule has 0 aliphatic heterocycles. The minimum Gasteiger partial charge on any atom is -0.455 e. The summed E-state index contributed by atoms with van der Waals surface area (Å²) in [7, 11) is 0. The Labute approximate surface area is 102 Å². The molecule has 0 spiro atoms. The third kappa shape index (κ3) is 1.58. The number of thiophene rings is 1. The molecule has 0 saturated carbocycles. The highest BCUT2D eigenvalue weighted by molar-refractivity contribution is 7.72. The topological polar surface area (TPSA) is 13.1 Å². The van der Waals surface area contributed by atoms with Crippen molar-refractivity contribution in [2.75, 3.05) is 0 Å². The van der Waals surface area contributed by atoms with E-state index in [1.807, 2.05) is 47.8 Å². The van der Waals surface area contributed by atoms with Gasteiger partial charge in [0, 0.05) is 11.6 Å². The molecule has 2 heterocycles. The monoisotopic (exact) mass is 244 g/mol. The standard InChI is InChI=1S/C13H8OS2/c15-12-8-11(9-4-2-1-3-5-9)14-10-6-7-16-13(10)12/h1-8H. The van der Waals surface area contributed by atoms with E-state index in [-0.39, 0.29) is 0 Å². The van der Waals surface area contributed by atoms with Crippen molar-refractivity contribution in [3.63, 3.8) is 0 Å². The van der Waals surface area contributed by atoms with E-state index in [1.54, 1.807) is 11.3 Å². The Morgan fingerprint density at radius 3 is 2.69 bits per heavy atom. The van der Waals surface area contributed by atoms with Crippen LogP contribution in [0.1, 0.15) is 0 Å². The molecule has 3 heteroatoms. The molecule has 0 aliphatic rings. The maximum atomic E-state index is 5.81. The van der Waals surface area contributed by atoms with E-state index >= 15 is 0 Å². The van der Waals surface area contributed by atoms with Crippen LogP contribution in [0, 0.1) is 4.51 Å². The largest absolute Gasteiger partial charge is 0.455 e. The fourth-order valence-electron chi connectivity index (χ4n) is 1.63. The van der Waals surface area contributed by atoms with Gasteiger partial charge in [0.15, 0.2) is 0 Å². The van der Waals surface area contributed by atoms with Crippen molar-refractivity contribution in [1.82, 2.24) is 0 Å². The van der Waals surface area contributed by atoms with Crippen molar-refractivity contribution in [3.05, 3.63) is 52.4 Å². The molecule has 0 N–H and O–H groups in total. The van der Waals surface area contributed by atoms with Gasteiger partial charge in [0.25, 0.3) is 0 Å². The highest BCUT2D eigenvalue weighted by Gasteiger charge is 2.04. The number of hydrogen-bond acceptors (Lipinski definition) is 3. The minimum absolute atomic E-state index is 0.830. The van der Waals surface area contributed by atoms with E-state index in [9.17, 15) is 0 Å². The van der Waals surface area contributed by atoms with Crippen LogP contribution in [-0.4, -0.2) is 0 Å². The van der Waals surface area contributed by atoms with Crippen molar-refractivity contribution in [1.29, 1.82) is 0 Å². The molecule has 0 amide bonds. The quantitative estimate of drug-likeness (QED) is 0.565. The van der Waals surface area contributed by atoms with Crippen molar-refractivity contribution >= 4 is 33.8 Å². The average molecular weight is 244 g/mol. The molecular formula is C13H8OS2. The molecule has 0 aliphatic carbocycles. The zero-order valence-corrected chi connectivity index (χ0v) is 9.98. The lowest BCUT2D eigenvalue weighted by atomic mass is 10.1. The Morgan fingerprint density at radius 2 is 1.88 bits per heavy atom. The predicted molar refractivity (Wildman–Crippen MR) is 70.4 cm³/mol. The van der Waals surface area contributed by atoms with E-state index in [2.05, 4.69) is 0 Å². The second kappa shape index (κ2) is 3.85. The highest BCUT2D eigenvalue weighted by Crippen LogP contribution is 2.28. The summed E-state index contributed by atoms with van der Waals surface area (Å²) >= 11 is 6.97. The Hall–Kier alpha value is -1.45. The molecule has 0 bridgehead atoms. The van der Waals surface area contributed by atoms with Crippen LogP contribution >= 0.6 is 23.6 Å². The van der Waals surface area contributed by atoms with Crippen LogP contribution in [0.15, 0.2) is 52.3 Å². The van der Waals surface area contributed by atoms with E-state index < -0.39 is 0 Å². The van der Waals surface area contributed by atoms with Gasteiger partial charge in [-0.3, -0.25) is 0 Å². The first-order chi connectivity index (χ1) is 7.84. The summed E-state index contributed by atoms with van der Waals surface area (Å²) < 4.78 is 7.72. The lowest BCUT2D eigenvalue weighted by molar-refractivity contribution is 0.621. The van der Waals surface area contributed by atoms with Crippen molar-refractivity contribution in [2.45, 2.75) is 0 Å². The first-order valence-electron chi connectivity index (χ1n) is 4.91. The summed E-state index contributed by atoms with van der Waals surface area (Å²) in [5, 5.41) is 2.00. The van der Waals surface area contributed by atoms with Gasteiger partial charge in [-0.15, -0.1) is 11.3 Å². The van der Waals surface area contributed by atoms with Crippen LogP contribution in [0.4, 0.5) is 0 Å². The van der Waals surface area contributed by atoms with Crippen molar-refractivity contribution < 1.29 is 4.42 Å². The minimum atomic E-state index is 0.830. The number of benzene rings is 1. The Balaban J connectivity index is 2.30. The second-order valence-corrected chi connectivity index (χ2v) is 4.81. The number of rotatable bonds is 1. The molecule has 3 aromatic rings. The normalized spacial score (nSPS) is 10.8. The zero-order valence-electron chi connectivity index (χ0n) is 8.34. The van der Waals surface area contributed by atoms with Crippen LogP contribution in [-0.2, 0) is 0 Å². The van der Waals surface area contributed by atoms with Gasteiger partial charge in [0.05, 0.1) is 9.21 Å². The second-order valence-electron chi connectivity index (χ2n) is 3.45. The molecule has 0 saturated heterocycles. The molecular weight excluding hydrogens is 236 g/mol. The van der Waals surface area contributed by atoms with Gasteiger partial charge in [-0.1, -0.05) is 42.5 Å². The molecule has 1 nitrogen and oxygen atoms in total. The first kappa shape index (κ1) is 9.75. The fraction of sp³-hybridized carbons (Fsp3) is 0. The smallest absolute Gasteiger partial charge is 0.146 e. The molecule has 0 unspecified atom stereocenters. The maximum Gasteiger partial charge on any atom is 0.146 e. The Morgan fingerprint density at radius 1 is 1.06 bits per heavy atom. The first-order valence-corrected chi connectivity index (χ1v) is 6.20. The average Bonchev–Trinajstić information content (AvgIpc) is 2.79. The van der Waals surface area contributed by atoms with Gasteiger partial charge in [0.1, 0.15) is 11.3 Å². The van der Waals surface area contributed by atoms with Crippen molar-refractivity contribution in [3.8, 4) is 11.3 Å². The van der Waals surface area contributed by atoms with Gasteiger partial charge in [0.2, 0.25) is 0 Å². The molecule has 2 aromatic heterocycles. The van der Waals surface area contributed by atoms with Crippen LogP contribution < -0.4 is 0 Å². The summed E-state index contributed by atoms with van der Waals surface area (Å²) in [4.78, 5) is 0. The Kier molecular flexibility index (Phi) is 2.35. The molecule has 78 valence electrons. The molecule has 1 aromatic carbocycles. The molecule has 0 atom stereocenters. The number of fused-ring (bicyclic) bond motifs is 1. The molecule has 16 heavy (non-hydrogen) atoms. The summed E-state index contributed by atoms with van der Waals surface area (Å²) in [6.45, 7) is 0. The van der Waals surface area contributed by atoms with Crippen LogP contribution in [0.2, 0.25) is 0 Å². The SMILES string of the molecule is S=c1cc(-c2ccccc2)oc2ccsc12. The lowest BCUT2D eigenvalue weighted by Gasteiger charge is -2.00. The van der Waals surface area contributed by atoms with E-state index in [0.717, 1.165) is 26.1 Å². The molecule has 0 fully saturated rings. The third-order valence-corrected chi connectivity index (χ3v) is 3.77. The van der Waals surface area contributed by atoms with Crippen LogP contribution in [0.25, 0.3) is 21.6 Å². The summed E-state index contributed by atoms with van der Waals surface area (Å²) in [6.07, 6.45) is 0. The van der Waals surface area contributed by atoms with Gasteiger partial charge in [-0.25, -0.2) is 0 Å². The van der Waals surface area contributed by atoms with E-state index in [1.165, 1.54) is 0 Å². The summed E-state index contributed by atoms with van der Waals surface area (Å²) in [5.74, 6) is 0.830. The molecule has 3 rings (SSSR count). The van der Waals surface area contributed by atoms with E-state index in [4.69, 9.17) is 16.6 Å². The zero-order chi connectivity index (χ0) is 11.0. The van der Waals surface area contributed by atoms with Crippen LogP contribution in [0.5, 0.6) is 0 Å². The predicted octanol–water partition coefficient (Wildman–Crippen LogP) is 4.89. The van der Waals surface area contributed by atoms with Gasteiger partial charge >= 0.3 is 0 Å². The highest BCUT2D eigenvalue weighted by atomic mass is 32.1. The fourth-order valence-corrected chi connectivity index (χ4v) is 2.72. The van der Waals surface area contributed by atoms with Gasteiger partial charge < -0.3 is 4.42 Å². The van der Waals surface area contributed by atoms with Crippen molar-refractivity contribution in [2.24, 2.45) is 0 Å². The maximum absolute atomic E-state index is 5.81. The Bertz CT molecular complexity index is 680. The number of hydrogen-bond donors (Lipinski definition) is 0. The van der Waals surface area contributed by atoms with Crippen LogP contribution in [0.3, 0.4) is 0 Å². The van der Waals surface area contributed by atoms with Gasteiger partial charge in [-0.2, -0.15) is 0 Å². The van der Waals surface area contributed by atoms with Gasteiger partial charge in [-0.05, 0) is 11.4 Å². The molecule has 0 radical (unpaired) electrons. The van der Waals surface area contributed by atoms with E-state index in [0.29, 0.717) is 0 Å². The summed E-state index contributed by atoms with van der Waals surface area (Å²) in [5.41, 5.74) is 1.93. The third-order valence-electron chi connectivity index (χ3n) is 2.39. The lowest BCUT2D eigenvalue weighted by Crippen LogP contribution is -1.77.